The van der Waals surface area contributed by atoms with Crippen molar-refractivity contribution in [2.24, 2.45) is 10.2 Å². The average molecular weight is 326 g/mol. The van der Waals surface area contributed by atoms with Crippen molar-refractivity contribution in [2.45, 2.75) is 6.42 Å². The van der Waals surface area contributed by atoms with E-state index in [9.17, 15) is 0 Å². The minimum absolute atomic E-state index is 0.693. The van der Waals surface area contributed by atoms with Crippen molar-refractivity contribution in [3.05, 3.63) is 96.1 Å². The molecule has 0 amide bonds. The molecule has 4 rings (SSSR count). The number of hydrogen-bond acceptors (Lipinski definition) is 4. The summed E-state index contributed by atoms with van der Waals surface area (Å²) in [5.41, 5.74) is 12.5. The summed E-state index contributed by atoms with van der Waals surface area (Å²) in [5.74, 6) is 0. The van der Waals surface area contributed by atoms with Crippen molar-refractivity contribution in [1.29, 1.82) is 0 Å². The van der Waals surface area contributed by atoms with Gasteiger partial charge in [0, 0.05) is 17.5 Å². The zero-order chi connectivity index (χ0) is 16.9. The quantitative estimate of drug-likeness (QED) is 0.681. The van der Waals surface area contributed by atoms with Gasteiger partial charge in [-0.2, -0.15) is 10.2 Å². The fraction of sp³-hybridized carbons (Fsp3) is 0.0476. The lowest BCUT2D eigenvalue weighted by atomic mass is 10.1. The Kier molecular flexibility index (Phi) is 4.25. The molecule has 4 heteroatoms. The van der Waals surface area contributed by atoms with E-state index in [4.69, 9.17) is 0 Å². The summed E-state index contributed by atoms with van der Waals surface area (Å²) >= 11 is 0. The molecule has 0 aromatic heterocycles. The maximum atomic E-state index is 4.60. The highest BCUT2D eigenvalue weighted by molar-refractivity contribution is 6.28. The van der Waals surface area contributed by atoms with E-state index in [1.165, 1.54) is 0 Å². The molecule has 0 atom stereocenters. The van der Waals surface area contributed by atoms with Crippen molar-refractivity contribution in [3.63, 3.8) is 0 Å². The van der Waals surface area contributed by atoms with E-state index in [0.29, 0.717) is 6.42 Å². The Labute approximate surface area is 146 Å². The van der Waals surface area contributed by atoms with Crippen LogP contribution in [0.3, 0.4) is 0 Å². The molecule has 3 aromatic rings. The molecule has 0 heterocycles. The number of hydrazone groups is 2. The Morgan fingerprint density at radius 2 is 0.920 bits per heavy atom. The smallest absolute Gasteiger partial charge is 0.0746 e. The van der Waals surface area contributed by atoms with E-state index in [1.807, 2.05) is 72.8 Å². The lowest BCUT2D eigenvalue weighted by molar-refractivity contribution is 1.29. The second-order valence-electron chi connectivity index (χ2n) is 5.80. The van der Waals surface area contributed by atoms with Crippen molar-refractivity contribution < 1.29 is 0 Å². The summed E-state index contributed by atoms with van der Waals surface area (Å²) in [4.78, 5) is 0. The molecule has 2 N–H and O–H groups in total. The monoisotopic (exact) mass is 326 g/mol. The van der Waals surface area contributed by atoms with Crippen molar-refractivity contribution >= 4 is 22.8 Å². The highest BCUT2D eigenvalue weighted by Crippen LogP contribution is 2.24. The number of hydrogen-bond donors (Lipinski definition) is 2. The topological polar surface area (TPSA) is 48.8 Å². The van der Waals surface area contributed by atoms with Gasteiger partial charge in [0.1, 0.15) is 0 Å². The molecule has 0 saturated heterocycles. The van der Waals surface area contributed by atoms with E-state index in [0.717, 1.165) is 33.9 Å². The Balaban J connectivity index is 1.59. The molecule has 4 nitrogen and oxygen atoms in total. The number of para-hydroxylation sites is 2. The molecule has 0 radical (unpaired) electrons. The Hall–Kier alpha value is -3.40. The van der Waals surface area contributed by atoms with Gasteiger partial charge in [0.05, 0.1) is 22.8 Å². The summed E-state index contributed by atoms with van der Waals surface area (Å²) in [6.07, 6.45) is 0.693. The van der Waals surface area contributed by atoms with E-state index < -0.39 is 0 Å². The molecule has 0 aliphatic heterocycles. The highest BCUT2D eigenvalue weighted by atomic mass is 15.3. The average Bonchev–Trinajstić information content (AvgIpc) is 3.04. The van der Waals surface area contributed by atoms with E-state index in [2.05, 4.69) is 33.2 Å². The molecule has 3 aromatic carbocycles. The molecule has 0 unspecified atom stereocenters. The number of fused-ring (bicyclic) bond motifs is 1. The first kappa shape index (κ1) is 15.1. The number of nitrogens with zero attached hydrogens (tertiary/aromatic N) is 2. The first-order valence-electron chi connectivity index (χ1n) is 8.25. The third kappa shape index (κ3) is 3.43. The number of benzene rings is 3. The normalized spacial score (nSPS) is 16.0. The molecular formula is C21H18N4. The van der Waals surface area contributed by atoms with Crippen molar-refractivity contribution in [3.8, 4) is 0 Å². The van der Waals surface area contributed by atoms with Crippen LogP contribution in [0.25, 0.3) is 0 Å². The molecule has 0 fully saturated rings. The molecule has 1 aliphatic carbocycles. The zero-order valence-corrected chi connectivity index (χ0v) is 13.7. The van der Waals surface area contributed by atoms with Crippen LogP contribution in [0, 0.1) is 0 Å². The van der Waals surface area contributed by atoms with Gasteiger partial charge in [0.25, 0.3) is 0 Å². The number of nitrogens with one attached hydrogen (secondary N) is 2. The third-order valence-corrected chi connectivity index (χ3v) is 4.07. The molecule has 0 bridgehead atoms. The predicted octanol–water partition coefficient (Wildman–Crippen LogP) is 4.72. The van der Waals surface area contributed by atoms with Crippen LogP contribution in [0.1, 0.15) is 17.5 Å². The van der Waals surface area contributed by atoms with Crippen LogP contribution in [0.2, 0.25) is 0 Å². The van der Waals surface area contributed by atoms with Gasteiger partial charge in [-0.25, -0.2) is 0 Å². The van der Waals surface area contributed by atoms with Crippen LogP contribution in [0.5, 0.6) is 0 Å². The molecule has 1 aliphatic rings. The molecule has 0 spiro atoms. The summed E-state index contributed by atoms with van der Waals surface area (Å²) in [5, 5.41) is 9.20. The standard InChI is InChI=1S/C21H18N4/c1-3-9-16(10-4-1)22-24-20-15-21(19-14-8-7-13-18(19)20)25-23-17-11-5-2-6-12-17/h1-14,22-23H,15H2. The van der Waals surface area contributed by atoms with Crippen LogP contribution in [-0.2, 0) is 0 Å². The Morgan fingerprint density at radius 3 is 1.36 bits per heavy atom. The minimum Gasteiger partial charge on any atom is -0.278 e. The molecule has 0 saturated carbocycles. The summed E-state index contributed by atoms with van der Waals surface area (Å²) < 4.78 is 0. The first-order chi connectivity index (χ1) is 12.4. The van der Waals surface area contributed by atoms with Gasteiger partial charge in [0.2, 0.25) is 0 Å². The number of rotatable bonds is 4. The predicted molar refractivity (Wildman–Crippen MR) is 104 cm³/mol. The van der Waals surface area contributed by atoms with Crippen LogP contribution in [0.15, 0.2) is 95.1 Å². The van der Waals surface area contributed by atoms with Gasteiger partial charge in [-0.1, -0.05) is 60.7 Å². The first-order valence-corrected chi connectivity index (χ1v) is 8.25. The number of anilines is 2. The van der Waals surface area contributed by atoms with Gasteiger partial charge in [0.15, 0.2) is 0 Å². The fourth-order valence-corrected chi connectivity index (χ4v) is 2.82. The molecule has 122 valence electrons. The SMILES string of the molecule is c1ccc(NN=C2CC(=NNc3ccccc3)c3ccccc32)cc1. The maximum Gasteiger partial charge on any atom is 0.0746 e. The van der Waals surface area contributed by atoms with Crippen LogP contribution >= 0.6 is 0 Å². The fourth-order valence-electron chi connectivity index (χ4n) is 2.82. The maximum absolute atomic E-state index is 4.60. The summed E-state index contributed by atoms with van der Waals surface area (Å²) in [7, 11) is 0. The minimum atomic E-state index is 0.693. The Morgan fingerprint density at radius 1 is 0.520 bits per heavy atom. The van der Waals surface area contributed by atoms with E-state index in [1.54, 1.807) is 0 Å². The molecule has 25 heavy (non-hydrogen) atoms. The van der Waals surface area contributed by atoms with Crippen molar-refractivity contribution in [2.75, 3.05) is 10.9 Å². The molecular weight excluding hydrogens is 308 g/mol. The Bertz CT molecular complexity index is 838. The second kappa shape index (κ2) is 7.01. The van der Waals surface area contributed by atoms with Crippen LogP contribution in [0.4, 0.5) is 11.4 Å². The third-order valence-electron chi connectivity index (χ3n) is 4.07. The van der Waals surface area contributed by atoms with Gasteiger partial charge in [-0.05, 0) is 24.3 Å². The van der Waals surface area contributed by atoms with Gasteiger partial charge in [-0.3, -0.25) is 10.9 Å². The highest BCUT2D eigenvalue weighted by Gasteiger charge is 2.23. The lowest BCUT2D eigenvalue weighted by Crippen LogP contribution is -2.02. The van der Waals surface area contributed by atoms with Crippen LogP contribution < -0.4 is 10.9 Å². The van der Waals surface area contributed by atoms with E-state index in [-0.39, 0.29) is 0 Å². The van der Waals surface area contributed by atoms with Gasteiger partial charge >= 0.3 is 0 Å². The second-order valence-corrected chi connectivity index (χ2v) is 5.80. The van der Waals surface area contributed by atoms with E-state index >= 15 is 0 Å². The zero-order valence-electron chi connectivity index (χ0n) is 13.7. The largest absolute Gasteiger partial charge is 0.278 e. The van der Waals surface area contributed by atoms with Crippen LogP contribution in [-0.4, -0.2) is 11.4 Å². The lowest BCUT2D eigenvalue weighted by Gasteiger charge is -2.02. The summed E-state index contributed by atoms with van der Waals surface area (Å²) in [6.45, 7) is 0. The summed E-state index contributed by atoms with van der Waals surface area (Å²) in [6, 6.07) is 28.2. The van der Waals surface area contributed by atoms with Crippen molar-refractivity contribution in [1.82, 2.24) is 0 Å². The van der Waals surface area contributed by atoms with Gasteiger partial charge < -0.3 is 0 Å². The van der Waals surface area contributed by atoms with Gasteiger partial charge in [-0.15, -0.1) is 0 Å².